The minimum absolute atomic E-state index is 0.0622. The molecule has 5 nitrogen and oxygen atoms in total. The van der Waals surface area contributed by atoms with Crippen molar-refractivity contribution in [2.24, 2.45) is 11.8 Å². The van der Waals surface area contributed by atoms with Crippen LogP contribution < -0.4 is 15.1 Å². The maximum Gasteiger partial charge on any atom is 0.416 e. The first-order valence-corrected chi connectivity index (χ1v) is 10.8. The average molecular weight is 430 g/mol. The van der Waals surface area contributed by atoms with E-state index in [0.717, 1.165) is 30.4 Å². The number of halogens is 3. The smallest absolute Gasteiger partial charge is 0.364 e. The van der Waals surface area contributed by atoms with Gasteiger partial charge in [-0.05, 0) is 61.1 Å². The molecule has 1 N–H and O–H groups in total. The van der Waals surface area contributed by atoms with Crippen molar-refractivity contribution < 1.29 is 18.0 Å². The number of hydrogen-bond donors (Lipinski definition) is 1. The fraction of sp³-hybridized carbons (Fsp3) is 0.478. The van der Waals surface area contributed by atoms with Crippen LogP contribution in [-0.4, -0.2) is 43.1 Å². The summed E-state index contributed by atoms with van der Waals surface area (Å²) < 4.78 is 39.9. The Labute approximate surface area is 179 Å². The monoisotopic (exact) mass is 430 g/mol. The lowest BCUT2D eigenvalue weighted by molar-refractivity contribution is -0.137. The zero-order valence-electron chi connectivity index (χ0n) is 17.1. The number of nitrogens with one attached hydrogen (secondary N) is 1. The van der Waals surface area contributed by atoms with Crippen LogP contribution in [0.2, 0.25) is 0 Å². The highest BCUT2D eigenvalue weighted by atomic mass is 19.4. The van der Waals surface area contributed by atoms with E-state index >= 15 is 0 Å². The van der Waals surface area contributed by atoms with Crippen LogP contribution in [-0.2, 0) is 17.4 Å². The fourth-order valence-electron chi connectivity index (χ4n) is 4.75. The quantitative estimate of drug-likeness (QED) is 0.807. The number of pyridine rings is 1. The van der Waals surface area contributed by atoms with Crippen LogP contribution in [0.25, 0.3) is 0 Å². The highest BCUT2D eigenvalue weighted by molar-refractivity contribution is 5.82. The second kappa shape index (κ2) is 7.73. The molecule has 2 fully saturated rings. The van der Waals surface area contributed by atoms with Gasteiger partial charge in [0, 0.05) is 38.1 Å². The number of carbonyl (C=O) groups is 1. The fourth-order valence-corrected chi connectivity index (χ4v) is 4.75. The van der Waals surface area contributed by atoms with Crippen molar-refractivity contribution in [2.75, 3.05) is 36.0 Å². The van der Waals surface area contributed by atoms with Crippen molar-refractivity contribution in [1.29, 1.82) is 0 Å². The summed E-state index contributed by atoms with van der Waals surface area (Å²) in [5, 5.41) is 3.06. The third kappa shape index (κ3) is 4.07. The molecule has 2 atom stereocenters. The number of hydrogen-bond acceptors (Lipinski definition) is 4. The molecule has 5 rings (SSSR count). The highest BCUT2D eigenvalue weighted by Crippen LogP contribution is 2.40. The molecule has 1 saturated heterocycles. The third-order valence-electron chi connectivity index (χ3n) is 6.61. The van der Waals surface area contributed by atoms with Gasteiger partial charge in [-0.3, -0.25) is 4.79 Å². The second-order valence-corrected chi connectivity index (χ2v) is 8.74. The van der Waals surface area contributed by atoms with Crippen molar-refractivity contribution in [1.82, 2.24) is 10.3 Å². The molecule has 1 aromatic carbocycles. The number of aromatic nitrogens is 1. The van der Waals surface area contributed by atoms with Gasteiger partial charge in [0.2, 0.25) is 5.91 Å². The Balaban J connectivity index is 1.45. The number of rotatable bonds is 4. The van der Waals surface area contributed by atoms with E-state index in [1.807, 2.05) is 18.2 Å². The molecular weight excluding hydrogens is 405 g/mol. The zero-order chi connectivity index (χ0) is 21.6. The lowest BCUT2D eigenvalue weighted by Gasteiger charge is -2.49. The number of amides is 1. The van der Waals surface area contributed by atoms with Crippen LogP contribution in [0.4, 0.5) is 24.7 Å². The molecule has 1 amide bonds. The first-order chi connectivity index (χ1) is 14.9. The average Bonchev–Trinajstić information content (AvgIpc) is 3.60. The maximum atomic E-state index is 13.3. The number of nitrogens with zero attached hydrogens (tertiary/aromatic N) is 3. The van der Waals surface area contributed by atoms with E-state index in [1.165, 1.54) is 6.07 Å². The van der Waals surface area contributed by atoms with Gasteiger partial charge in [0.25, 0.3) is 0 Å². The third-order valence-corrected chi connectivity index (χ3v) is 6.61. The molecule has 1 aromatic heterocycles. The van der Waals surface area contributed by atoms with Gasteiger partial charge in [-0.15, -0.1) is 0 Å². The van der Waals surface area contributed by atoms with E-state index in [9.17, 15) is 18.0 Å². The molecule has 3 heterocycles. The Morgan fingerprint density at radius 2 is 2.00 bits per heavy atom. The molecular formula is C23H25F3N4O. The van der Waals surface area contributed by atoms with E-state index in [-0.39, 0.29) is 11.9 Å². The number of anilines is 2. The van der Waals surface area contributed by atoms with E-state index in [1.54, 1.807) is 12.3 Å². The lowest BCUT2D eigenvalue weighted by Crippen LogP contribution is -2.61. The van der Waals surface area contributed by atoms with Crippen LogP contribution in [0, 0.1) is 11.8 Å². The summed E-state index contributed by atoms with van der Waals surface area (Å²) in [6.07, 6.45) is -0.0753. The first-order valence-electron chi connectivity index (χ1n) is 10.8. The van der Waals surface area contributed by atoms with Crippen molar-refractivity contribution in [2.45, 2.75) is 31.5 Å². The van der Waals surface area contributed by atoms with Crippen molar-refractivity contribution >= 4 is 17.4 Å². The predicted octanol–water partition coefficient (Wildman–Crippen LogP) is 3.49. The maximum absolute atomic E-state index is 13.3. The summed E-state index contributed by atoms with van der Waals surface area (Å²) in [5.74, 6) is 0.940. The van der Waals surface area contributed by atoms with Gasteiger partial charge in [0.05, 0.1) is 17.5 Å². The number of carbonyl (C=O) groups excluding carboxylic acids is 1. The minimum atomic E-state index is -4.40. The van der Waals surface area contributed by atoms with Gasteiger partial charge < -0.3 is 15.1 Å². The molecule has 0 radical (unpaired) electrons. The Bertz CT molecular complexity index is 961. The molecule has 1 aliphatic carbocycles. The van der Waals surface area contributed by atoms with Crippen LogP contribution >= 0.6 is 0 Å². The van der Waals surface area contributed by atoms with Gasteiger partial charge in [0.1, 0.15) is 5.82 Å². The number of alkyl halides is 3. The Kier molecular flexibility index (Phi) is 5.02. The highest BCUT2D eigenvalue weighted by Gasteiger charge is 2.43. The van der Waals surface area contributed by atoms with Crippen LogP contribution in [0.1, 0.15) is 24.0 Å². The molecule has 0 spiro atoms. The number of benzene rings is 1. The molecule has 3 aliphatic rings. The van der Waals surface area contributed by atoms with E-state index < -0.39 is 17.7 Å². The number of fused-ring (bicyclic) bond motifs is 3. The topological polar surface area (TPSA) is 48.5 Å². The van der Waals surface area contributed by atoms with E-state index in [2.05, 4.69) is 20.1 Å². The molecule has 8 heteroatoms. The Morgan fingerprint density at radius 3 is 2.71 bits per heavy atom. The molecule has 164 valence electrons. The van der Waals surface area contributed by atoms with Crippen molar-refractivity contribution in [3.8, 4) is 0 Å². The molecule has 2 unspecified atom stereocenters. The predicted molar refractivity (Wildman–Crippen MR) is 112 cm³/mol. The normalized spacial score (nSPS) is 23.2. The van der Waals surface area contributed by atoms with Gasteiger partial charge in [-0.1, -0.05) is 6.07 Å². The summed E-state index contributed by atoms with van der Waals surface area (Å²) in [4.78, 5) is 21.9. The SMILES string of the molecule is O=C(NCC1CC1)C1Cc2cc(C(F)(F)F)ccc2N2CCN(c3ccccn3)CC12. The number of piperazine rings is 1. The van der Waals surface area contributed by atoms with E-state index in [0.29, 0.717) is 44.1 Å². The van der Waals surface area contributed by atoms with Crippen LogP contribution in [0.3, 0.4) is 0 Å². The second-order valence-electron chi connectivity index (χ2n) is 8.74. The van der Waals surface area contributed by atoms with Gasteiger partial charge in [0.15, 0.2) is 0 Å². The molecule has 2 aliphatic heterocycles. The molecule has 1 saturated carbocycles. The van der Waals surface area contributed by atoms with Crippen molar-refractivity contribution in [3.63, 3.8) is 0 Å². The first kappa shape index (κ1) is 20.2. The molecule has 31 heavy (non-hydrogen) atoms. The summed E-state index contributed by atoms with van der Waals surface area (Å²) in [5.41, 5.74) is 0.753. The largest absolute Gasteiger partial charge is 0.416 e. The Hall–Kier alpha value is -2.77. The summed E-state index contributed by atoms with van der Waals surface area (Å²) in [6, 6.07) is 9.57. The van der Waals surface area contributed by atoms with Gasteiger partial charge >= 0.3 is 6.18 Å². The molecule has 0 bridgehead atoms. The van der Waals surface area contributed by atoms with Crippen LogP contribution in [0.5, 0.6) is 0 Å². The van der Waals surface area contributed by atoms with Gasteiger partial charge in [-0.2, -0.15) is 13.2 Å². The van der Waals surface area contributed by atoms with Crippen LogP contribution in [0.15, 0.2) is 42.6 Å². The van der Waals surface area contributed by atoms with Gasteiger partial charge in [-0.25, -0.2) is 4.98 Å². The van der Waals surface area contributed by atoms with E-state index in [4.69, 9.17) is 0 Å². The Morgan fingerprint density at radius 1 is 1.16 bits per heavy atom. The lowest BCUT2D eigenvalue weighted by atomic mass is 9.82. The standard InChI is InChI=1S/C23H25F3N4O/c24-23(25,26)17-6-7-19-16(11-17)12-18(22(31)28-13-15-4-5-15)20-14-29(9-10-30(19)20)21-3-1-2-8-27-21/h1-3,6-8,11,15,18,20H,4-5,9-10,12-14H2,(H,28,31). The summed E-state index contributed by atoms with van der Waals surface area (Å²) >= 11 is 0. The minimum Gasteiger partial charge on any atom is -0.364 e. The van der Waals surface area contributed by atoms with Crippen molar-refractivity contribution in [3.05, 3.63) is 53.7 Å². The summed E-state index contributed by atoms with van der Waals surface area (Å²) in [7, 11) is 0. The molecule has 2 aromatic rings. The summed E-state index contributed by atoms with van der Waals surface area (Å²) in [6.45, 7) is 2.59. The zero-order valence-corrected chi connectivity index (χ0v) is 17.1.